The fraction of sp³-hybridized carbons (Fsp3) is 0.185. The molecule has 0 spiro atoms. The van der Waals surface area contributed by atoms with Crippen LogP contribution in [0.3, 0.4) is 0 Å². The minimum Gasteiger partial charge on any atom is -0.478 e. The zero-order chi connectivity index (χ0) is 25.8. The van der Waals surface area contributed by atoms with Crippen molar-refractivity contribution in [3.63, 3.8) is 0 Å². The summed E-state index contributed by atoms with van der Waals surface area (Å²) in [5.41, 5.74) is 4.32. The van der Waals surface area contributed by atoms with Gasteiger partial charge in [-0.15, -0.1) is 5.10 Å². The standard InChI is InChI=1S/C27H25N7O3/c1-2-5-24(21-6-3-4-7-22(21)26(35)36)34-15-14-33(27(34)37)17-18-8-10-19(11-9-18)20-12-13-28-16-23(20)25-29-31-32-30-25/h3-4,6-16,24H,2,5,17H2,1H3,(H,35,36)(H,29,30,31,32). The van der Waals surface area contributed by atoms with Crippen molar-refractivity contribution in [2.75, 3.05) is 0 Å². The Morgan fingerprint density at radius 2 is 1.86 bits per heavy atom. The summed E-state index contributed by atoms with van der Waals surface area (Å²) in [6.07, 6.45) is 8.37. The van der Waals surface area contributed by atoms with E-state index in [1.807, 2.05) is 37.3 Å². The van der Waals surface area contributed by atoms with Crippen LogP contribution in [0.15, 0.2) is 84.2 Å². The Bertz CT molecular complexity index is 1570. The predicted octanol–water partition coefficient (Wildman–Crippen LogP) is 4.03. The number of tetrazole rings is 1. The maximum Gasteiger partial charge on any atom is 0.336 e. The van der Waals surface area contributed by atoms with Crippen molar-refractivity contribution in [1.29, 1.82) is 0 Å². The molecule has 0 aliphatic rings. The highest BCUT2D eigenvalue weighted by molar-refractivity contribution is 5.89. The second-order valence-corrected chi connectivity index (χ2v) is 8.68. The third-order valence-corrected chi connectivity index (χ3v) is 6.36. The number of carbonyl (C=O) groups is 1. The summed E-state index contributed by atoms with van der Waals surface area (Å²) in [7, 11) is 0. The van der Waals surface area contributed by atoms with Crippen molar-refractivity contribution < 1.29 is 9.90 Å². The molecule has 37 heavy (non-hydrogen) atoms. The van der Waals surface area contributed by atoms with Gasteiger partial charge >= 0.3 is 11.7 Å². The molecular formula is C27H25N7O3. The van der Waals surface area contributed by atoms with Gasteiger partial charge in [0.25, 0.3) is 0 Å². The fourth-order valence-electron chi connectivity index (χ4n) is 4.58. The molecule has 186 valence electrons. The predicted molar refractivity (Wildman–Crippen MR) is 137 cm³/mol. The number of carboxylic acid groups (broad SMARTS) is 1. The minimum absolute atomic E-state index is 0.183. The van der Waals surface area contributed by atoms with E-state index in [1.54, 1.807) is 58.2 Å². The second-order valence-electron chi connectivity index (χ2n) is 8.68. The lowest BCUT2D eigenvalue weighted by molar-refractivity contribution is 0.0694. The van der Waals surface area contributed by atoms with Crippen LogP contribution in [0.2, 0.25) is 0 Å². The van der Waals surface area contributed by atoms with Crippen molar-refractivity contribution >= 4 is 5.97 Å². The molecule has 2 aromatic carbocycles. The summed E-state index contributed by atoms with van der Waals surface area (Å²) in [6, 6.07) is 16.4. The number of hydrogen-bond acceptors (Lipinski definition) is 6. The third kappa shape index (κ3) is 4.81. The first kappa shape index (κ1) is 23.9. The number of aromatic carboxylic acids is 1. The molecule has 3 aromatic heterocycles. The van der Waals surface area contributed by atoms with Crippen LogP contribution in [0, 0.1) is 0 Å². The quantitative estimate of drug-likeness (QED) is 0.316. The zero-order valence-electron chi connectivity index (χ0n) is 20.2. The third-order valence-electron chi connectivity index (χ3n) is 6.36. The SMILES string of the molecule is CCCC(c1ccccc1C(=O)O)n1ccn(Cc2ccc(-c3ccncc3-c3nnn[nH]3)cc2)c1=O. The van der Waals surface area contributed by atoms with E-state index in [-0.39, 0.29) is 17.3 Å². The number of aromatic nitrogens is 7. The van der Waals surface area contributed by atoms with E-state index in [4.69, 9.17) is 0 Å². The number of carboxylic acids is 1. The number of nitrogens with zero attached hydrogens (tertiary/aromatic N) is 6. The Hall–Kier alpha value is -4.86. The molecule has 10 nitrogen and oxygen atoms in total. The molecular weight excluding hydrogens is 470 g/mol. The lowest BCUT2D eigenvalue weighted by atomic mass is 9.97. The number of nitrogens with one attached hydrogen (secondary N) is 1. The molecule has 0 aliphatic heterocycles. The molecule has 0 saturated heterocycles. The van der Waals surface area contributed by atoms with Gasteiger partial charge in [-0.2, -0.15) is 0 Å². The molecule has 3 heterocycles. The molecule has 1 unspecified atom stereocenters. The van der Waals surface area contributed by atoms with E-state index < -0.39 is 5.97 Å². The monoisotopic (exact) mass is 495 g/mol. The summed E-state index contributed by atoms with van der Waals surface area (Å²) in [5, 5.41) is 23.7. The molecule has 0 saturated carbocycles. The van der Waals surface area contributed by atoms with Crippen molar-refractivity contribution in [3.8, 4) is 22.5 Å². The number of benzene rings is 2. The van der Waals surface area contributed by atoms with Crippen molar-refractivity contribution in [2.45, 2.75) is 32.4 Å². The van der Waals surface area contributed by atoms with Gasteiger partial charge < -0.3 is 5.11 Å². The van der Waals surface area contributed by atoms with Gasteiger partial charge in [0.1, 0.15) is 0 Å². The summed E-state index contributed by atoms with van der Waals surface area (Å²) < 4.78 is 3.27. The lowest BCUT2D eigenvalue weighted by Crippen LogP contribution is -2.29. The number of imidazole rings is 1. The van der Waals surface area contributed by atoms with Gasteiger partial charge in [-0.05, 0) is 51.2 Å². The smallest absolute Gasteiger partial charge is 0.336 e. The molecule has 0 bridgehead atoms. The molecule has 0 amide bonds. The first-order valence-corrected chi connectivity index (χ1v) is 11.9. The van der Waals surface area contributed by atoms with Crippen LogP contribution < -0.4 is 5.69 Å². The molecule has 5 rings (SSSR count). The minimum atomic E-state index is -0.999. The first-order valence-electron chi connectivity index (χ1n) is 11.9. The largest absolute Gasteiger partial charge is 0.478 e. The van der Waals surface area contributed by atoms with Crippen molar-refractivity contribution in [3.05, 3.63) is 107 Å². The van der Waals surface area contributed by atoms with Gasteiger partial charge in [-0.25, -0.2) is 14.7 Å². The van der Waals surface area contributed by atoms with Crippen LogP contribution in [0.4, 0.5) is 0 Å². The second kappa shape index (κ2) is 10.4. The first-order chi connectivity index (χ1) is 18.1. The molecule has 1 atom stereocenters. The maximum absolute atomic E-state index is 13.4. The van der Waals surface area contributed by atoms with E-state index in [1.165, 1.54) is 0 Å². The van der Waals surface area contributed by atoms with Crippen LogP contribution in [0.1, 0.15) is 47.3 Å². The molecule has 0 radical (unpaired) electrons. The lowest BCUT2D eigenvalue weighted by Gasteiger charge is -2.19. The average molecular weight is 496 g/mol. The fourth-order valence-corrected chi connectivity index (χ4v) is 4.58. The van der Waals surface area contributed by atoms with Gasteiger partial charge in [-0.1, -0.05) is 55.8 Å². The van der Waals surface area contributed by atoms with Gasteiger partial charge in [0.2, 0.25) is 0 Å². The number of pyridine rings is 1. The summed E-state index contributed by atoms with van der Waals surface area (Å²) in [6.45, 7) is 2.41. The van der Waals surface area contributed by atoms with Gasteiger partial charge in [0, 0.05) is 30.4 Å². The van der Waals surface area contributed by atoms with E-state index in [0.29, 0.717) is 24.4 Å². The molecule has 10 heteroatoms. The Balaban J connectivity index is 1.41. The number of H-pyrrole nitrogens is 1. The Kier molecular flexibility index (Phi) is 6.71. The van der Waals surface area contributed by atoms with Gasteiger partial charge in [0.15, 0.2) is 5.82 Å². The van der Waals surface area contributed by atoms with Crippen LogP contribution in [-0.2, 0) is 6.54 Å². The van der Waals surface area contributed by atoms with E-state index in [2.05, 4.69) is 25.6 Å². The summed E-state index contributed by atoms with van der Waals surface area (Å²) in [4.78, 5) is 29.3. The topological polar surface area (TPSA) is 132 Å². The maximum atomic E-state index is 13.4. The van der Waals surface area contributed by atoms with Crippen LogP contribution in [0.25, 0.3) is 22.5 Å². The Labute approximate surface area is 212 Å². The average Bonchev–Trinajstić information content (AvgIpc) is 3.59. The van der Waals surface area contributed by atoms with Crippen LogP contribution in [0.5, 0.6) is 0 Å². The number of aromatic amines is 1. The van der Waals surface area contributed by atoms with Crippen molar-refractivity contribution in [2.24, 2.45) is 0 Å². The number of hydrogen-bond donors (Lipinski definition) is 2. The van der Waals surface area contributed by atoms with E-state index in [9.17, 15) is 14.7 Å². The Morgan fingerprint density at radius 1 is 1.05 bits per heavy atom. The van der Waals surface area contributed by atoms with Crippen molar-refractivity contribution in [1.82, 2.24) is 34.7 Å². The Morgan fingerprint density at radius 3 is 2.59 bits per heavy atom. The van der Waals surface area contributed by atoms with Gasteiger partial charge in [0.05, 0.1) is 18.2 Å². The summed E-state index contributed by atoms with van der Waals surface area (Å²) >= 11 is 0. The number of rotatable bonds is 9. The normalized spacial score (nSPS) is 11.9. The van der Waals surface area contributed by atoms with Gasteiger partial charge in [-0.3, -0.25) is 14.1 Å². The zero-order valence-corrected chi connectivity index (χ0v) is 20.2. The van der Waals surface area contributed by atoms with Crippen LogP contribution in [-0.4, -0.2) is 45.8 Å². The summed E-state index contributed by atoms with van der Waals surface area (Å²) in [5.74, 6) is -0.465. The van der Waals surface area contributed by atoms with Crippen LogP contribution >= 0.6 is 0 Å². The van der Waals surface area contributed by atoms with E-state index >= 15 is 0 Å². The van der Waals surface area contributed by atoms with E-state index in [0.717, 1.165) is 28.7 Å². The molecule has 5 aromatic rings. The highest BCUT2D eigenvalue weighted by atomic mass is 16.4. The highest BCUT2D eigenvalue weighted by Gasteiger charge is 2.22. The molecule has 2 N–H and O–H groups in total. The highest BCUT2D eigenvalue weighted by Crippen LogP contribution is 2.29. The molecule has 0 fully saturated rings. The molecule has 0 aliphatic carbocycles.